The second-order valence-electron chi connectivity index (χ2n) is 8.05. The first kappa shape index (κ1) is 19.4. The Morgan fingerprint density at radius 3 is 2.79 bits per heavy atom. The van der Waals surface area contributed by atoms with Gasteiger partial charge in [-0.3, -0.25) is 9.59 Å². The van der Waals surface area contributed by atoms with E-state index in [-0.39, 0.29) is 23.0 Å². The zero-order chi connectivity index (χ0) is 19.9. The second-order valence-corrected chi connectivity index (χ2v) is 9.96. The highest BCUT2D eigenvalue weighted by atomic mass is 79.9. The van der Waals surface area contributed by atoms with E-state index in [0.717, 1.165) is 35.3 Å². The zero-order valence-corrected chi connectivity index (χ0v) is 18.3. The van der Waals surface area contributed by atoms with Crippen LogP contribution in [0.25, 0.3) is 0 Å². The van der Waals surface area contributed by atoms with Crippen LogP contribution in [0.15, 0.2) is 26.5 Å². The number of halogens is 1. The molecule has 1 spiro atoms. The summed E-state index contributed by atoms with van der Waals surface area (Å²) in [5.74, 6) is 0.705. The molecule has 2 amide bonds. The number of hydrogen-bond acceptors (Lipinski definition) is 6. The maximum atomic E-state index is 12.5. The monoisotopic (exact) mass is 466 g/mol. The lowest BCUT2D eigenvalue weighted by Crippen LogP contribution is -2.63. The molecule has 0 atom stereocenters. The number of nitrogens with one attached hydrogen (secondary N) is 1. The van der Waals surface area contributed by atoms with E-state index in [2.05, 4.69) is 26.2 Å². The molecule has 28 heavy (non-hydrogen) atoms. The van der Waals surface area contributed by atoms with Gasteiger partial charge < -0.3 is 19.5 Å². The predicted molar refractivity (Wildman–Crippen MR) is 110 cm³/mol. The highest BCUT2D eigenvalue weighted by Gasteiger charge is 2.54. The van der Waals surface area contributed by atoms with Crippen LogP contribution in [-0.4, -0.2) is 48.9 Å². The van der Waals surface area contributed by atoms with E-state index >= 15 is 0 Å². The standard InChI is InChI=1S/C19H23BrN4O3S/c1-23(2)18-22-8-15(27-18)17(26)24-10-19(11-24)5-12(6-19)3-16(25)21-7-14-4-13(20)9-28-14/h4,8-9,12H,3,5-7,10-11H2,1-2H3,(H,21,25). The summed E-state index contributed by atoms with van der Waals surface area (Å²) >= 11 is 5.06. The van der Waals surface area contributed by atoms with E-state index in [9.17, 15) is 9.59 Å². The number of likely N-dealkylation sites (tertiary alicyclic amines) is 1. The summed E-state index contributed by atoms with van der Waals surface area (Å²) in [6, 6.07) is 2.46. The molecule has 2 fully saturated rings. The molecule has 2 aromatic rings. The Morgan fingerprint density at radius 1 is 1.43 bits per heavy atom. The van der Waals surface area contributed by atoms with Gasteiger partial charge in [-0.15, -0.1) is 11.3 Å². The zero-order valence-electron chi connectivity index (χ0n) is 15.9. The van der Waals surface area contributed by atoms with Crippen LogP contribution < -0.4 is 10.2 Å². The first-order valence-corrected chi connectivity index (χ1v) is 10.9. The largest absolute Gasteiger partial charge is 0.418 e. The second kappa shape index (κ2) is 7.51. The SMILES string of the molecule is CN(C)c1ncc(C(=O)N2CC3(CC(CC(=O)NCc4cc(Br)cs4)C3)C2)o1. The quantitative estimate of drug-likeness (QED) is 0.707. The van der Waals surface area contributed by atoms with Gasteiger partial charge in [-0.2, -0.15) is 0 Å². The number of carbonyl (C=O) groups excluding carboxylic acids is 2. The number of thiophene rings is 1. The molecule has 0 radical (unpaired) electrons. The lowest BCUT2D eigenvalue weighted by molar-refractivity contribution is -0.127. The number of nitrogens with zero attached hydrogens (tertiary/aromatic N) is 3. The number of hydrogen-bond donors (Lipinski definition) is 1. The molecule has 1 saturated carbocycles. The lowest BCUT2D eigenvalue weighted by atomic mass is 9.57. The van der Waals surface area contributed by atoms with Crippen LogP contribution >= 0.6 is 27.3 Å². The van der Waals surface area contributed by atoms with E-state index in [0.29, 0.717) is 24.9 Å². The first-order valence-electron chi connectivity index (χ1n) is 9.26. The number of amides is 2. The molecule has 3 heterocycles. The summed E-state index contributed by atoms with van der Waals surface area (Å²) in [5.41, 5.74) is 0.198. The highest BCUT2D eigenvalue weighted by molar-refractivity contribution is 9.10. The Kier molecular flexibility index (Phi) is 5.22. The Balaban J connectivity index is 1.18. The molecule has 0 aromatic carbocycles. The molecular weight excluding hydrogens is 444 g/mol. The van der Waals surface area contributed by atoms with Crippen LogP contribution in [-0.2, 0) is 11.3 Å². The fourth-order valence-electron chi connectivity index (χ4n) is 4.17. The topological polar surface area (TPSA) is 78.7 Å². The molecule has 0 unspecified atom stereocenters. The number of oxazole rings is 1. The minimum absolute atomic E-state index is 0.102. The molecule has 9 heteroatoms. The normalized spacial score (nSPS) is 17.9. The Hall–Kier alpha value is -1.87. The van der Waals surface area contributed by atoms with Crippen molar-refractivity contribution in [2.75, 3.05) is 32.1 Å². The van der Waals surface area contributed by atoms with E-state index in [1.54, 1.807) is 16.2 Å². The van der Waals surface area contributed by atoms with Crippen molar-refractivity contribution < 1.29 is 14.0 Å². The number of aromatic nitrogens is 1. The maximum absolute atomic E-state index is 12.5. The minimum atomic E-state index is -0.102. The van der Waals surface area contributed by atoms with Crippen molar-refractivity contribution in [3.8, 4) is 0 Å². The Bertz CT molecular complexity index is 879. The maximum Gasteiger partial charge on any atom is 0.297 e. The van der Waals surface area contributed by atoms with Crippen molar-refractivity contribution in [1.29, 1.82) is 0 Å². The van der Waals surface area contributed by atoms with Crippen molar-refractivity contribution >= 4 is 45.1 Å². The van der Waals surface area contributed by atoms with Crippen LogP contribution in [0.1, 0.15) is 34.7 Å². The van der Waals surface area contributed by atoms with Crippen LogP contribution in [0, 0.1) is 11.3 Å². The summed E-state index contributed by atoms with van der Waals surface area (Å²) in [6.07, 6.45) is 4.07. The van der Waals surface area contributed by atoms with Gasteiger partial charge >= 0.3 is 0 Å². The fourth-order valence-corrected chi connectivity index (χ4v) is 5.56. The van der Waals surface area contributed by atoms with Gasteiger partial charge in [0.25, 0.3) is 11.9 Å². The molecule has 1 aliphatic heterocycles. The van der Waals surface area contributed by atoms with Gasteiger partial charge in [0.05, 0.1) is 12.7 Å². The van der Waals surface area contributed by atoms with Gasteiger partial charge in [-0.05, 0) is 40.8 Å². The summed E-state index contributed by atoms with van der Waals surface area (Å²) in [5, 5.41) is 5.01. The van der Waals surface area contributed by atoms with Crippen LogP contribution in [0.2, 0.25) is 0 Å². The number of carbonyl (C=O) groups is 2. The van der Waals surface area contributed by atoms with Gasteiger partial charge in [0.1, 0.15) is 0 Å². The summed E-state index contributed by atoms with van der Waals surface area (Å²) in [6.45, 7) is 2.07. The van der Waals surface area contributed by atoms with Crippen LogP contribution in [0.3, 0.4) is 0 Å². The molecule has 1 N–H and O–H groups in total. The van der Waals surface area contributed by atoms with E-state index in [4.69, 9.17) is 4.42 Å². The minimum Gasteiger partial charge on any atom is -0.418 e. The molecular formula is C19H23BrN4O3S. The van der Waals surface area contributed by atoms with Crippen molar-refractivity contribution in [2.45, 2.75) is 25.8 Å². The van der Waals surface area contributed by atoms with Crippen molar-refractivity contribution in [1.82, 2.24) is 15.2 Å². The third kappa shape index (κ3) is 3.96. The van der Waals surface area contributed by atoms with E-state index in [1.165, 1.54) is 6.20 Å². The molecule has 1 aliphatic carbocycles. The smallest absolute Gasteiger partial charge is 0.297 e. The molecule has 2 aliphatic rings. The third-order valence-electron chi connectivity index (χ3n) is 5.43. The van der Waals surface area contributed by atoms with Crippen LogP contribution in [0.4, 0.5) is 6.01 Å². The van der Waals surface area contributed by atoms with Gasteiger partial charge in [-0.1, -0.05) is 0 Å². The van der Waals surface area contributed by atoms with Gasteiger partial charge in [0, 0.05) is 53.8 Å². The third-order valence-corrected chi connectivity index (χ3v) is 7.12. The first-order chi connectivity index (χ1) is 13.3. The molecule has 0 bridgehead atoms. The predicted octanol–water partition coefficient (Wildman–Crippen LogP) is 3.12. The molecule has 2 aromatic heterocycles. The van der Waals surface area contributed by atoms with Gasteiger partial charge in [0.15, 0.2) is 0 Å². The fraction of sp³-hybridized carbons (Fsp3) is 0.526. The summed E-state index contributed by atoms with van der Waals surface area (Å²) in [7, 11) is 3.64. The van der Waals surface area contributed by atoms with Crippen molar-refractivity contribution in [3.05, 3.63) is 32.8 Å². The summed E-state index contributed by atoms with van der Waals surface area (Å²) in [4.78, 5) is 33.4. The van der Waals surface area contributed by atoms with Crippen LogP contribution in [0.5, 0.6) is 0 Å². The molecule has 150 valence electrons. The van der Waals surface area contributed by atoms with Crippen molar-refractivity contribution in [2.24, 2.45) is 11.3 Å². The Morgan fingerprint density at radius 2 is 2.18 bits per heavy atom. The highest BCUT2D eigenvalue weighted by Crippen LogP contribution is 2.53. The van der Waals surface area contributed by atoms with Gasteiger partial charge in [0.2, 0.25) is 11.7 Å². The number of anilines is 1. The van der Waals surface area contributed by atoms with Gasteiger partial charge in [-0.25, -0.2) is 4.98 Å². The number of rotatable bonds is 6. The summed E-state index contributed by atoms with van der Waals surface area (Å²) < 4.78 is 6.54. The molecule has 4 rings (SSSR count). The van der Waals surface area contributed by atoms with Crippen molar-refractivity contribution in [3.63, 3.8) is 0 Å². The molecule has 1 saturated heterocycles. The van der Waals surface area contributed by atoms with E-state index < -0.39 is 0 Å². The average molecular weight is 467 g/mol. The average Bonchev–Trinajstić information content (AvgIpc) is 3.22. The Labute approximate surface area is 176 Å². The lowest BCUT2D eigenvalue weighted by Gasteiger charge is -2.58. The van der Waals surface area contributed by atoms with E-state index in [1.807, 2.05) is 30.4 Å². The molecule has 7 nitrogen and oxygen atoms in total.